The molecule has 0 spiro atoms. The number of nitrogens with one attached hydrogen (secondary N) is 9. The zero-order valence-corrected chi connectivity index (χ0v) is 43.9. The summed E-state index contributed by atoms with van der Waals surface area (Å²) in [7, 11) is 0. The Morgan fingerprint density at radius 3 is 2.09 bits per heavy atom. The van der Waals surface area contributed by atoms with Gasteiger partial charge in [0.05, 0.1) is 25.0 Å². The third-order valence-electron chi connectivity index (χ3n) is 12.1. The quantitative estimate of drug-likeness (QED) is 0.0127. The summed E-state index contributed by atoms with van der Waals surface area (Å²) in [6.45, 7) is 3.29. The minimum absolute atomic E-state index is 0.0111. The second-order valence-electron chi connectivity index (χ2n) is 18.1. The molecule has 78 heavy (non-hydrogen) atoms. The van der Waals surface area contributed by atoms with Crippen molar-refractivity contribution in [2.24, 2.45) is 50.9 Å². The maximum atomic E-state index is 14.3. The van der Waals surface area contributed by atoms with Gasteiger partial charge in [-0.3, -0.25) is 43.3 Å². The first-order valence-corrected chi connectivity index (χ1v) is 25.6. The van der Waals surface area contributed by atoms with E-state index in [9.17, 15) is 53.4 Å². The van der Waals surface area contributed by atoms with Crippen LogP contribution in [0.2, 0.25) is 0 Å². The topological polar surface area (TPSA) is 543 Å². The number of aliphatic imine (C=N–C) groups is 1. The molecule has 1 aromatic rings. The van der Waals surface area contributed by atoms with Gasteiger partial charge in [-0.1, -0.05) is 19.1 Å². The zero-order chi connectivity index (χ0) is 58.2. The van der Waals surface area contributed by atoms with Gasteiger partial charge in [-0.2, -0.15) is 0 Å². The first kappa shape index (κ1) is 66.4. The number of unbranched alkanes of at least 4 members (excludes halogenated alkanes) is 2. The highest BCUT2D eigenvalue weighted by Crippen LogP contribution is 2.21. The van der Waals surface area contributed by atoms with Crippen LogP contribution in [0.25, 0.3) is 0 Å². The Balaban J connectivity index is 2.33. The smallest absolute Gasteiger partial charge is 0.352 e. The van der Waals surface area contributed by atoms with Crippen molar-refractivity contribution in [1.29, 1.82) is 0 Å². The number of rotatable bonds is 38. The van der Waals surface area contributed by atoms with Gasteiger partial charge in [0.15, 0.2) is 5.96 Å². The van der Waals surface area contributed by atoms with Crippen LogP contribution in [0, 0.1) is 0 Å². The molecule has 0 unspecified atom stereocenters. The Hall–Kier alpha value is -7.71. The molecule has 31 heteroatoms. The molecule has 8 atom stereocenters. The molecule has 8 amide bonds. The molecule has 0 radical (unpaired) electrons. The average molecular weight is 1100 g/mol. The molecule has 0 bridgehead atoms. The number of hydrogen-bond acceptors (Lipinski definition) is 19. The largest absolute Gasteiger partial charge is 0.477 e. The summed E-state index contributed by atoms with van der Waals surface area (Å²) >= 11 is 0. The SMILES string of the molecule is C=CN/C(=C\N)C[C@H](NC(=O)[C@@H]1CCCN1C(=O)[C@@H](CCCN)NC(=O)CNC(=O)[C@H](Cc1cnc[nH]1)NC(=O)[C@@H](NC(=O)[C@@H](N)CCCCN)[C@@H](O)CN)C(=O)N[C@@H](CCCCN)C(=O)N/C(=C\CCN=C(N)N)C(=O)O. The lowest BCUT2D eigenvalue weighted by Gasteiger charge is -2.30. The predicted molar refractivity (Wildman–Crippen MR) is 286 cm³/mol. The van der Waals surface area contributed by atoms with Crippen molar-refractivity contribution in [3.05, 3.63) is 54.7 Å². The van der Waals surface area contributed by atoms with E-state index in [1.165, 1.54) is 29.7 Å². The van der Waals surface area contributed by atoms with E-state index < -0.39 is 120 Å². The van der Waals surface area contributed by atoms with E-state index in [0.717, 1.165) is 6.20 Å². The van der Waals surface area contributed by atoms with E-state index in [1.54, 1.807) is 0 Å². The number of nitrogens with two attached hydrogens (primary N) is 8. The second-order valence-corrected chi connectivity index (χ2v) is 18.1. The summed E-state index contributed by atoms with van der Waals surface area (Å²) in [6, 6.07) is -9.29. The van der Waals surface area contributed by atoms with Gasteiger partial charge in [0.1, 0.15) is 41.9 Å². The maximum Gasteiger partial charge on any atom is 0.352 e. The number of imidazole rings is 1. The van der Waals surface area contributed by atoms with Crippen molar-refractivity contribution in [2.45, 2.75) is 132 Å². The van der Waals surface area contributed by atoms with Crippen molar-refractivity contribution >= 4 is 59.2 Å². The molecule has 2 rings (SSSR count). The van der Waals surface area contributed by atoms with Gasteiger partial charge in [0, 0.05) is 56.3 Å². The van der Waals surface area contributed by atoms with E-state index >= 15 is 0 Å². The number of aliphatic hydroxyl groups is 1. The predicted octanol–water partition coefficient (Wildman–Crippen LogP) is -7.20. The Bertz CT molecular complexity index is 2220. The average Bonchev–Trinajstić information content (AvgIpc) is 4.13. The number of aromatic amines is 1. The molecule has 0 aromatic carbocycles. The van der Waals surface area contributed by atoms with Crippen molar-refractivity contribution in [3.63, 3.8) is 0 Å². The summed E-state index contributed by atoms with van der Waals surface area (Å²) < 4.78 is 0. The second kappa shape index (κ2) is 36.3. The van der Waals surface area contributed by atoms with Gasteiger partial charge in [-0.05, 0) is 90.0 Å². The van der Waals surface area contributed by atoms with Crippen LogP contribution in [0.15, 0.2) is 54.0 Å². The molecule has 436 valence electrons. The van der Waals surface area contributed by atoms with Crippen LogP contribution in [0.3, 0.4) is 0 Å². The lowest BCUT2D eigenvalue weighted by molar-refractivity contribution is -0.142. The Morgan fingerprint density at radius 2 is 1.49 bits per heavy atom. The molecular formula is C47H82N20O11. The summed E-state index contributed by atoms with van der Waals surface area (Å²) in [4.78, 5) is 134. The summed E-state index contributed by atoms with van der Waals surface area (Å²) in [6.07, 6.45) is 7.23. The third-order valence-corrected chi connectivity index (χ3v) is 12.1. The van der Waals surface area contributed by atoms with E-state index in [0.29, 0.717) is 44.3 Å². The van der Waals surface area contributed by atoms with Crippen LogP contribution in [-0.2, 0) is 49.6 Å². The summed E-state index contributed by atoms with van der Waals surface area (Å²) in [5.41, 5.74) is 45.3. The minimum Gasteiger partial charge on any atom is -0.477 e. The van der Waals surface area contributed by atoms with Crippen LogP contribution < -0.4 is 88.4 Å². The van der Waals surface area contributed by atoms with Gasteiger partial charge in [-0.15, -0.1) is 0 Å². The Morgan fingerprint density at radius 1 is 0.821 bits per heavy atom. The summed E-state index contributed by atoms with van der Waals surface area (Å²) in [5, 5.41) is 40.7. The van der Waals surface area contributed by atoms with Crippen LogP contribution in [-0.4, -0.2) is 178 Å². The molecule has 0 saturated carbocycles. The number of aromatic nitrogens is 2. The highest BCUT2D eigenvalue weighted by Gasteiger charge is 2.40. The van der Waals surface area contributed by atoms with E-state index in [4.69, 9.17) is 45.9 Å². The minimum atomic E-state index is -1.63. The first-order valence-electron chi connectivity index (χ1n) is 25.6. The fourth-order valence-corrected chi connectivity index (χ4v) is 7.93. The van der Waals surface area contributed by atoms with Crippen LogP contribution in [0.4, 0.5) is 0 Å². The van der Waals surface area contributed by atoms with Crippen molar-refractivity contribution in [1.82, 2.24) is 57.4 Å². The molecular weight excluding hydrogens is 1020 g/mol. The summed E-state index contributed by atoms with van der Waals surface area (Å²) in [5.74, 6) is -8.36. The van der Waals surface area contributed by atoms with E-state index in [2.05, 4.69) is 64.1 Å². The first-order chi connectivity index (χ1) is 37.2. The van der Waals surface area contributed by atoms with E-state index in [-0.39, 0.29) is 89.2 Å². The van der Waals surface area contributed by atoms with Crippen LogP contribution >= 0.6 is 0 Å². The van der Waals surface area contributed by atoms with Gasteiger partial charge in [-0.25, -0.2) is 9.78 Å². The Labute approximate surface area is 452 Å². The molecule has 2 heterocycles. The molecule has 1 fully saturated rings. The maximum absolute atomic E-state index is 14.3. The number of carbonyl (C=O) groups excluding carboxylic acids is 8. The Kier molecular flexibility index (Phi) is 30.9. The normalized spacial score (nSPS) is 16.1. The number of likely N-dealkylation sites (tertiary alicyclic amines) is 1. The molecule has 0 aliphatic carbocycles. The lowest BCUT2D eigenvalue weighted by atomic mass is 10.0. The standard InChI is InChI=1S/C47H82N20O11/c1-2-57-27(22-51)20-34(42(73)62-30(11-4-6-16-49)41(72)63-32(46(77)78)13-8-18-58-47(54)55)64-43(74)35-14-9-19-67(35)45(76)31(12-7-17-50)61-37(69)25-59-40(71)33(21-28-24-56-26-60-28)65-44(75)38(36(68)23-52)66-39(70)29(53)10-3-5-15-48/h2,13,22,24,26,29-31,33-36,38,57,68H,1,3-12,14-21,23,25,48-53H2,(H,56,60)(H,59,71)(H,61,69)(H,62,73)(H,63,72)(H,64,74)(H,65,75)(H,66,70)(H,77,78)(H4,54,55,58)/b27-22-,32-13-/t29-,30-,31+,33-,34-,35-,36-,38-/m0/s1. The van der Waals surface area contributed by atoms with Crippen molar-refractivity contribution in [2.75, 3.05) is 45.8 Å². The molecule has 27 N–H and O–H groups in total. The highest BCUT2D eigenvalue weighted by molar-refractivity contribution is 5.99. The third kappa shape index (κ3) is 23.7. The van der Waals surface area contributed by atoms with Gasteiger partial charge < -0.3 is 109 Å². The number of H-pyrrole nitrogens is 1. The van der Waals surface area contributed by atoms with Gasteiger partial charge >= 0.3 is 5.97 Å². The number of amides is 8. The molecule has 1 aliphatic rings. The zero-order valence-electron chi connectivity index (χ0n) is 43.9. The highest BCUT2D eigenvalue weighted by atomic mass is 16.4. The fraction of sp³-hybridized carbons (Fsp3) is 0.596. The monoisotopic (exact) mass is 1100 g/mol. The van der Waals surface area contributed by atoms with Crippen LogP contribution in [0.5, 0.6) is 0 Å². The molecule has 1 aromatic heterocycles. The molecule has 1 aliphatic heterocycles. The number of aliphatic carboxylic acids is 1. The number of nitrogens with zero attached hydrogens (tertiary/aromatic N) is 3. The van der Waals surface area contributed by atoms with Crippen LogP contribution in [0.1, 0.15) is 82.7 Å². The van der Waals surface area contributed by atoms with Crippen molar-refractivity contribution < 1.29 is 53.4 Å². The van der Waals surface area contributed by atoms with Gasteiger partial charge in [0.25, 0.3) is 0 Å². The molecule has 1 saturated heterocycles. The van der Waals surface area contributed by atoms with Crippen molar-refractivity contribution in [3.8, 4) is 0 Å². The van der Waals surface area contributed by atoms with E-state index in [1.807, 2.05) is 0 Å². The fourth-order valence-electron chi connectivity index (χ4n) is 7.93. The molecule has 31 nitrogen and oxygen atoms in total. The number of guanidine groups is 1. The number of hydrogen-bond donors (Lipinski definition) is 19. The number of aliphatic hydroxyl groups excluding tert-OH is 1. The number of carbonyl (C=O) groups is 9. The number of carboxylic acid groups (broad SMARTS) is 1. The number of carboxylic acids is 1. The van der Waals surface area contributed by atoms with Gasteiger partial charge in [0.2, 0.25) is 47.3 Å². The lowest BCUT2D eigenvalue weighted by Crippen LogP contribution is -2.61.